The highest BCUT2D eigenvalue weighted by atomic mass is 32.1. The first-order chi connectivity index (χ1) is 8.74. The van der Waals surface area contributed by atoms with Gasteiger partial charge in [-0.2, -0.15) is 0 Å². The molecule has 0 amide bonds. The van der Waals surface area contributed by atoms with E-state index in [9.17, 15) is 0 Å². The van der Waals surface area contributed by atoms with Crippen molar-refractivity contribution in [3.63, 3.8) is 0 Å². The first kappa shape index (κ1) is 11.9. The fourth-order valence-corrected chi connectivity index (χ4v) is 3.34. The van der Waals surface area contributed by atoms with E-state index in [1.807, 2.05) is 11.3 Å². The van der Waals surface area contributed by atoms with Gasteiger partial charge in [-0.25, -0.2) is 4.98 Å². The summed E-state index contributed by atoms with van der Waals surface area (Å²) in [7, 11) is 0. The van der Waals surface area contributed by atoms with Gasteiger partial charge in [-0.05, 0) is 25.8 Å². The van der Waals surface area contributed by atoms with E-state index < -0.39 is 0 Å². The zero-order chi connectivity index (χ0) is 12.5. The third-order valence-electron chi connectivity index (χ3n) is 3.54. The molecule has 3 rings (SSSR count). The van der Waals surface area contributed by atoms with Gasteiger partial charge < -0.3 is 5.32 Å². The second-order valence-electron chi connectivity index (χ2n) is 4.98. The number of nitrogens with zero attached hydrogens (tertiary/aromatic N) is 1. The smallest absolute Gasteiger partial charge is 0.0900 e. The second-order valence-corrected chi connectivity index (χ2v) is 6.27. The molecule has 0 saturated heterocycles. The first-order valence-corrected chi connectivity index (χ1v) is 7.27. The average Bonchev–Trinajstić information content (AvgIpc) is 3.08. The summed E-state index contributed by atoms with van der Waals surface area (Å²) in [5.74, 6) is 0.709. The molecule has 0 spiro atoms. The lowest BCUT2D eigenvalue weighted by atomic mass is 10.1. The van der Waals surface area contributed by atoms with Crippen LogP contribution in [0.15, 0.2) is 30.3 Å². The van der Waals surface area contributed by atoms with Gasteiger partial charge in [-0.15, -0.1) is 11.3 Å². The standard InChI is InChI=1S/C15H18N2S/c1-10-15(18-11(2)17-10)9-16-14-8-13(14)12-6-4-3-5-7-12/h3-7,13-14,16H,8-9H2,1-2H3. The minimum Gasteiger partial charge on any atom is -0.308 e. The summed E-state index contributed by atoms with van der Waals surface area (Å²) in [4.78, 5) is 5.85. The summed E-state index contributed by atoms with van der Waals surface area (Å²) in [5, 5.41) is 4.81. The van der Waals surface area contributed by atoms with E-state index >= 15 is 0 Å². The molecular weight excluding hydrogens is 240 g/mol. The van der Waals surface area contributed by atoms with E-state index in [0.29, 0.717) is 12.0 Å². The van der Waals surface area contributed by atoms with Crippen molar-refractivity contribution in [1.29, 1.82) is 0 Å². The molecule has 0 aliphatic heterocycles. The Morgan fingerprint density at radius 1 is 1.28 bits per heavy atom. The summed E-state index contributed by atoms with van der Waals surface area (Å²) in [6, 6.07) is 11.4. The van der Waals surface area contributed by atoms with Gasteiger partial charge in [0.15, 0.2) is 0 Å². The van der Waals surface area contributed by atoms with Crippen LogP contribution in [0.3, 0.4) is 0 Å². The van der Waals surface area contributed by atoms with Crippen LogP contribution in [0.25, 0.3) is 0 Å². The zero-order valence-electron chi connectivity index (χ0n) is 10.8. The maximum absolute atomic E-state index is 4.47. The molecular formula is C15H18N2S. The second kappa shape index (κ2) is 4.82. The van der Waals surface area contributed by atoms with Crippen LogP contribution in [0.1, 0.15) is 33.5 Å². The molecule has 2 unspecified atom stereocenters. The summed E-state index contributed by atoms with van der Waals surface area (Å²) < 4.78 is 0. The Hall–Kier alpha value is -1.19. The Kier molecular flexibility index (Phi) is 3.18. The van der Waals surface area contributed by atoms with Crippen LogP contribution in [0, 0.1) is 13.8 Å². The number of nitrogens with one attached hydrogen (secondary N) is 1. The van der Waals surface area contributed by atoms with Crippen LogP contribution in [0.4, 0.5) is 0 Å². The Balaban J connectivity index is 1.56. The van der Waals surface area contributed by atoms with Crippen molar-refractivity contribution in [1.82, 2.24) is 10.3 Å². The quantitative estimate of drug-likeness (QED) is 0.909. The van der Waals surface area contributed by atoms with E-state index in [1.54, 1.807) is 0 Å². The molecule has 0 bridgehead atoms. The third-order valence-corrected chi connectivity index (χ3v) is 4.62. The Bertz CT molecular complexity index is 533. The lowest BCUT2D eigenvalue weighted by molar-refractivity contribution is 0.676. The van der Waals surface area contributed by atoms with Crippen molar-refractivity contribution in [2.75, 3.05) is 0 Å². The van der Waals surface area contributed by atoms with Gasteiger partial charge in [0.05, 0.1) is 10.7 Å². The number of rotatable bonds is 4. The van der Waals surface area contributed by atoms with Crippen LogP contribution in [0.5, 0.6) is 0 Å². The van der Waals surface area contributed by atoms with Crippen molar-refractivity contribution >= 4 is 11.3 Å². The number of hydrogen-bond donors (Lipinski definition) is 1. The molecule has 1 aromatic heterocycles. The molecule has 2 aromatic rings. The minimum absolute atomic E-state index is 0.647. The van der Waals surface area contributed by atoms with Crippen molar-refractivity contribution in [2.24, 2.45) is 0 Å². The van der Waals surface area contributed by atoms with E-state index in [4.69, 9.17) is 0 Å². The maximum atomic E-state index is 4.47. The maximum Gasteiger partial charge on any atom is 0.0900 e. The highest BCUT2D eigenvalue weighted by molar-refractivity contribution is 7.11. The number of aryl methyl sites for hydroxylation is 2. The summed E-state index contributed by atoms with van der Waals surface area (Å²) in [6.45, 7) is 5.14. The number of hydrogen-bond acceptors (Lipinski definition) is 3. The summed E-state index contributed by atoms with van der Waals surface area (Å²) in [5.41, 5.74) is 2.65. The normalized spacial score (nSPS) is 22.1. The molecule has 1 heterocycles. The molecule has 2 nitrogen and oxygen atoms in total. The van der Waals surface area contributed by atoms with Crippen LogP contribution in [0.2, 0.25) is 0 Å². The van der Waals surface area contributed by atoms with Crippen molar-refractivity contribution in [2.45, 2.75) is 38.8 Å². The molecule has 1 aliphatic rings. The molecule has 94 valence electrons. The van der Waals surface area contributed by atoms with E-state index in [2.05, 4.69) is 54.5 Å². The first-order valence-electron chi connectivity index (χ1n) is 6.45. The van der Waals surface area contributed by atoms with Gasteiger partial charge in [-0.1, -0.05) is 30.3 Å². The highest BCUT2D eigenvalue weighted by Crippen LogP contribution is 2.40. The van der Waals surface area contributed by atoms with Gasteiger partial charge >= 0.3 is 0 Å². The molecule has 3 heteroatoms. The molecule has 1 aromatic carbocycles. The fraction of sp³-hybridized carbons (Fsp3) is 0.400. The lowest BCUT2D eigenvalue weighted by Gasteiger charge is -2.03. The van der Waals surface area contributed by atoms with Crippen molar-refractivity contribution in [3.8, 4) is 0 Å². The molecule has 18 heavy (non-hydrogen) atoms. The zero-order valence-corrected chi connectivity index (χ0v) is 11.6. The molecule has 1 fully saturated rings. The van der Waals surface area contributed by atoms with Crippen LogP contribution in [-0.4, -0.2) is 11.0 Å². The largest absolute Gasteiger partial charge is 0.308 e. The predicted molar refractivity (Wildman–Crippen MR) is 76.0 cm³/mol. The van der Waals surface area contributed by atoms with Gasteiger partial charge in [0, 0.05) is 23.4 Å². The van der Waals surface area contributed by atoms with Gasteiger partial charge in [0.2, 0.25) is 0 Å². The monoisotopic (exact) mass is 258 g/mol. The number of thiazole rings is 1. The number of aromatic nitrogens is 1. The molecule has 0 radical (unpaired) electrons. The fourth-order valence-electron chi connectivity index (χ4n) is 2.45. The van der Waals surface area contributed by atoms with Crippen molar-refractivity contribution in [3.05, 3.63) is 51.5 Å². The van der Waals surface area contributed by atoms with Crippen molar-refractivity contribution < 1.29 is 0 Å². The third kappa shape index (κ3) is 2.47. The van der Waals surface area contributed by atoms with E-state index in [-0.39, 0.29) is 0 Å². The predicted octanol–water partition coefficient (Wildman–Crippen LogP) is 3.41. The Labute approximate surface area is 112 Å². The Morgan fingerprint density at radius 2 is 2.06 bits per heavy atom. The van der Waals surface area contributed by atoms with Gasteiger partial charge in [0.25, 0.3) is 0 Å². The van der Waals surface area contributed by atoms with E-state index in [0.717, 1.165) is 6.54 Å². The Morgan fingerprint density at radius 3 is 2.72 bits per heavy atom. The number of benzene rings is 1. The summed E-state index contributed by atoms with van der Waals surface area (Å²) >= 11 is 1.81. The lowest BCUT2D eigenvalue weighted by Crippen LogP contribution is -2.17. The SMILES string of the molecule is Cc1nc(C)c(CNC2CC2c2ccccc2)s1. The van der Waals surface area contributed by atoms with Crippen LogP contribution < -0.4 is 5.32 Å². The molecule has 1 aliphatic carbocycles. The van der Waals surface area contributed by atoms with Gasteiger partial charge in [0.1, 0.15) is 0 Å². The summed E-state index contributed by atoms with van der Waals surface area (Å²) in [6.07, 6.45) is 1.26. The molecule has 1 N–H and O–H groups in total. The molecule has 2 atom stereocenters. The van der Waals surface area contributed by atoms with Crippen LogP contribution >= 0.6 is 11.3 Å². The molecule has 1 saturated carbocycles. The minimum atomic E-state index is 0.647. The van der Waals surface area contributed by atoms with Gasteiger partial charge in [-0.3, -0.25) is 0 Å². The highest BCUT2D eigenvalue weighted by Gasteiger charge is 2.37. The van der Waals surface area contributed by atoms with Crippen LogP contribution in [-0.2, 0) is 6.54 Å². The topological polar surface area (TPSA) is 24.9 Å². The van der Waals surface area contributed by atoms with E-state index in [1.165, 1.54) is 27.6 Å². The average molecular weight is 258 g/mol.